The van der Waals surface area contributed by atoms with Crippen LogP contribution in [0.1, 0.15) is 35.5 Å². The van der Waals surface area contributed by atoms with Gasteiger partial charge in [0.25, 0.3) is 17.6 Å². The molecule has 40 heavy (non-hydrogen) atoms. The first-order valence-corrected chi connectivity index (χ1v) is 12.4. The van der Waals surface area contributed by atoms with Gasteiger partial charge in [0.15, 0.2) is 0 Å². The number of hydrogen-bond acceptors (Lipinski definition) is 9. The Morgan fingerprint density at radius 1 is 1.10 bits per heavy atom. The Kier molecular flexibility index (Phi) is 7.89. The molecule has 12 heteroatoms. The first kappa shape index (κ1) is 27.9. The molecule has 4 aromatic rings. The number of carbonyl (C=O) groups is 2. The predicted octanol–water partition coefficient (Wildman–Crippen LogP) is 3.94. The summed E-state index contributed by atoms with van der Waals surface area (Å²) in [5.74, 6) is -0.728. The monoisotopic (exact) mass is 544 g/mol. The third kappa shape index (κ3) is 6.12. The summed E-state index contributed by atoms with van der Waals surface area (Å²) in [6, 6.07) is 13.8. The largest absolute Gasteiger partial charge is 0.389 e. The summed E-state index contributed by atoms with van der Waals surface area (Å²) >= 11 is 0. The normalized spacial score (nSPS) is 11.2. The lowest BCUT2D eigenvalue weighted by Crippen LogP contribution is -2.49. The highest BCUT2D eigenvalue weighted by atomic mass is 16.6. The third-order valence-corrected chi connectivity index (χ3v) is 6.38. The minimum Gasteiger partial charge on any atom is -0.389 e. The van der Waals surface area contributed by atoms with Crippen LogP contribution in [0.4, 0.5) is 17.4 Å². The lowest BCUT2D eigenvalue weighted by Gasteiger charge is -2.30. The van der Waals surface area contributed by atoms with Gasteiger partial charge in [-0.3, -0.25) is 24.7 Å². The number of aromatic nitrogens is 2. The molecule has 0 bridgehead atoms. The zero-order valence-corrected chi connectivity index (χ0v) is 22.4. The molecule has 4 rings (SSSR count). The third-order valence-electron chi connectivity index (χ3n) is 6.38. The smallest absolute Gasteiger partial charge is 0.348 e. The Morgan fingerprint density at radius 3 is 2.48 bits per heavy atom. The predicted molar refractivity (Wildman–Crippen MR) is 149 cm³/mol. The second-order valence-corrected chi connectivity index (χ2v) is 9.74. The fourth-order valence-electron chi connectivity index (χ4n) is 4.16. The van der Waals surface area contributed by atoms with Crippen molar-refractivity contribution in [2.45, 2.75) is 32.7 Å². The molecule has 0 aliphatic heterocycles. The van der Waals surface area contributed by atoms with Crippen LogP contribution in [0.2, 0.25) is 0 Å². The van der Waals surface area contributed by atoms with Crippen molar-refractivity contribution in [1.29, 1.82) is 0 Å². The number of nitrogens with zero attached hydrogens (tertiary/aromatic N) is 4. The van der Waals surface area contributed by atoms with Gasteiger partial charge in [0, 0.05) is 55.3 Å². The van der Waals surface area contributed by atoms with Gasteiger partial charge in [-0.2, -0.15) is 4.98 Å². The minimum absolute atomic E-state index is 0.115. The van der Waals surface area contributed by atoms with Gasteiger partial charge in [-0.15, -0.1) is 0 Å². The molecule has 0 atom stereocenters. The Hall–Kier alpha value is -5.13. The van der Waals surface area contributed by atoms with Crippen molar-refractivity contribution < 1.29 is 18.9 Å². The van der Waals surface area contributed by atoms with E-state index < -0.39 is 22.0 Å². The average molecular weight is 545 g/mol. The van der Waals surface area contributed by atoms with Crippen LogP contribution in [0, 0.1) is 17.0 Å². The standard InChI is InChI=1S/C28H28N6O6/c1-17-21(30-24(35)18-8-10-20(11-9-18)34(38)39)12-13-22-23(17)25(36)40-27(31-22)32-28(2,3)26(37)33(4)16-14-19-7-5-6-15-29-19/h5-13,15H,14,16H2,1-4H3,(H,30,35)(H,31,32). The van der Waals surface area contributed by atoms with Crippen LogP contribution in [0.15, 0.2) is 70.0 Å². The summed E-state index contributed by atoms with van der Waals surface area (Å²) in [6.07, 6.45) is 2.29. The molecule has 0 spiro atoms. The molecule has 12 nitrogen and oxygen atoms in total. The number of nitro benzene ring substituents is 1. The van der Waals surface area contributed by atoms with Crippen molar-refractivity contribution in [2.24, 2.45) is 0 Å². The van der Waals surface area contributed by atoms with Crippen molar-refractivity contribution >= 4 is 40.1 Å². The summed E-state index contributed by atoms with van der Waals surface area (Å²) in [5.41, 5.74) is 0.233. The molecule has 0 radical (unpaired) electrons. The van der Waals surface area contributed by atoms with Gasteiger partial charge in [0.05, 0.1) is 15.8 Å². The molecule has 2 amide bonds. The lowest BCUT2D eigenvalue weighted by molar-refractivity contribution is -0.384. The number of amides is 2. The molecule has 0 unspecified atom stereocenters. The van der Waals surface area contributed by atoms with Crippen LogP contribution in [-0.2, 0) is 11.2 Å². The van der Waals surface area contributed by atoms with Crippen molar-refractivity contribution in [1.82, 2.24) is 14.9 Å². The van der Waals surface area contributed by atoms with Gasteiger partial charge >= 0.3 is 5.63 Å². The Balaban J connectivity index is 1.49. The number of benzene rings is 2. The number of hydrogen-bond donors (Lipinski definition) is 2. The van der Waals surface area contributed by atoms with Gasteiger partial charge < -0.3 is 20.0 Å². The van der Waals surface area contributed by atoms with Gasteiger partial charge in [-0.1, -0.05) is 6.07 Å². The van der Waals surface area contributed by atoms with E-state index in [4.69, 9.17) is 4.42 Å². The van der Waals surface area contributed by atoms with Gasteiger partial charge in [-0.05, 0) is 62.7 Å². The molecule has 0 fully saturated rings. The second-order valence-electron chi connectivity index (χ2n) is 9.74. The lowest BCUT2D eigenvalue weighted by atomic mass is 10.0. The zero-order valence-electron chi connectivity index (χ0n) is 22.4. The molecule has 0 aliphatic rings. The van der Waals surface area contributed by atoms with Gasteiger partial charge in [0.1, 0.15) is 5.54 Å². The van der Waals surface area contributed by atoms with Crippen molar-refractivity contribution in [3.63, 3.8) is 0 Å². The average Bonchev–Trinajstić information content (AvgIpc) is 2.93. The molecule has 206 valence electrons. The number of aryl methyl sites for hydroxylation is 1. The maximum Gasteiger partial charge on any atom is 0.348 e. The molecule has 0 aliphatic carbocycles. The fraction of sp³-hybridized carbons (Fsp3) is 0.250. The van der Waals surface area contributed by atoms with Crippen LogP contribution in [0.25, 0.3) is 10.9 Å². The fourth-order valence-corrected chi connectivity index (χ4v) is 4.16. The number of non-ortho nitro benzene ring substituents is 1. The Morgan fingerprint density at radius 2 is 1.82 bits per heavy atom. The highest BCUT2D eigenvalue weighted by molar-refractivity contribution is 6.06. The molecule has 0 saturated heterocycles. The van der Waals surface area contributed by atoms with E-state index in [0.717, 1.165) is 5.69 Å². The molecule has 2 aromatic carbocycles. The molecular formula is C28H28N6O6. The van der Waals surface area contributed by atoms with Crippen molar-refractivity contribution in [3.8, 4) is 0 Å². The number of pyridine rings is 1. The van der Waals surface area contributed by atoms with E-state index in [1.165, 1.54) is 24.3 Å². The van der Waals surface area contributed by atoms with Crippen molar-refractivity contribution in [3.05, 3.63) is 98.1 Å². The first-order chi connectivity index (χ1) is 19.0. The first-order valence-electron chi connectivity index (χ1n) is 12.4. The molecule has 2 aromatic heterocycles. The Labute approximate surface area is 229 Å². The zero-order chi connectivity index (χ0) is 29.0. The van der Waals surface area contributed by atoms with E-state index in [0.29, 0.717) is 29.7 Å². The SMILES string of the molecule is Cc1c(NC(=O)c2ccc([N+](=O)[O-])cc2)ccc2nc(NC(C)(C)C(=O)N(C)CCc3ccccn3)oc(=O)c12. The van der Waals surface area contributed by atoms with Crippen LogP contribution < -0.4 is 16.3 Å². The molecule has 0 saturated carbocycles. The summed E-state index contributed by atoms with van der Waals surface area (Å²) < 4.78 is 5.41. The van der Waals surface area contributed by atoms with E-state index in [9.17, 15) is 24.5 Å². The maximum absolute atomic E-state index is 13.1. The maximum atomic E-state index is 13.1. The van der Waals surface area contributed by atoms with Gasteiger partial charge in [-0.25, -0.2) is 4.79 Å². The summed E-state index contributed by atoms with van der Waals surface area (Å²) in [5, 5.41) is 16.7. The summed E-state index contributed by atoms with van der Waals surface area (Å²) in [4.78, 5) is 59.3. The Bertz CT molecular complexity index is 1630. The number of likely N-dealkylation sites (N-methyl/N-ethyl adjacent to an activating group) is 1. The van der Waals surface area contributed by atoms with E-state index in [2.05, 4.69) is 20.6 Å². The molecule has 2 N–H and O–H groups in total. The van der Waals surface area contributed by atoms with E-state index in [1.807, 2.05) is 18.2 Å². The number of carbonyl (C=O) groups excluding carboxylic acids is 2. The van der Waals surface area contributed by atoms with Gasteiger partial charge in [0.2, 0.25) is 5.91 Å². The van der Waals surface area contributed by atoms with Crippen LogP contribution in [0.3, 0.4) is 0 Å². The molecule has 2 heterocycles. The van der Waals surface area contributed by atoms with E-state index >= 15 is 0 Å². The number of fused-ring (bicyclic) bond motifs is 1. The quantitative estimate of drug-likeness (QED) is 0.235. The second kappa shape index (κ2) is 11.3. The van der Waals surface area contributed by atoms with Crippen LogP contribution in [0.5, 0.6) is 0 Å². The highest BCUT2D eigenvalue weighted by Crippen LogP contribution is 2.25. The number of nitrogens with one attached hydrogen (secondary N) is 2. The van der Waals surface area contributed by atoms with Crippen LogP contribution in [-0.4, -0.2) is 50.7 Å². The van der Waals surface area contributed by atoms with Crippen molar-refractivity contribution in [2.75, 3.05) is 24.2 Å². The summed E-state index contributed by atoms with van der Waals surface area (Å²) in [7, 11) is 1.69. The highest BCUT2D eigenvalue weighted by Gasteiger charge is 2.32. The number of nitro groups is 1. The minimum atomic E-state index is -1.14. The number of anilines is 2. The van der Waals surface area contributed by atoms with Crippen LogP contribution >= 0.6 is 0 Å². The number of rotatable bonds is 9. The summed E-state index contributed by atoms with van der Waals surface area (Å²) in [6.45, 7) is 5.42. The molecular weight excluding hydrogens is 516 g/mol. The topological polar surface area (TPSA) is 161 Å². The van der Waals surface area contributed by atoms with E-state index in [1.54, 1.807) is 51.0 Å². The van der Waals surface area contributed by atoms with E-state index in [-0.39, 0.29) is 28.6 Å².